The first kappa shape index (κ1) is 32.0. The van der Waals surface area contributed by atoms with E-state index in [0.717, 1.165) is 45.3 Å². The average molecular weight is 474 g/mol. The van der Waals surface area contributed by atoms with Crippen molar-refractivity contribution in [1.29, 1.82) is 0 Å². The smallest absolute Gasteiger partial charge is 0.334 e. The maximum Gasteiger partial charge on any atom is 0.334 e. The number of rotatable bonds is 22. The van der Waals surface area contributed by atoms with Gasteiger partial charge in [0, 0.05) is 14.2 Å². The van der Waals surface area contributed by atoms with Crippen molar-refractivity contribution in [2.24, 2.45) is 5.41 Å². The van der Waals surface area contributed by atoms with Crippen LogP contribution >= 0.6 is 0 Å². The molecule has 0 N–H and O–H groups in total. The van der Waals surface area contributed by atoms with Crippen LogP contribution in [0.1, 0.15) is 80.1 Å². The average Bonchev–Trinajstić information content (AvgIpc) is 2.82. The van der Waals surface area contributed by atoms with Gasteiger partial charge in [0.25, 0.3) is 0 Å². The van der Waals surface area contributed by atoms with E-state index in [-0.39, 0.29) is 0 Å². The van der Waals surface area contributed by atoms with Gasteiger partial charge in [-0.2, -0.15) is 0 Å². The molecule has 6 heteroatoms. The molecular weight excluding hydrogens is 414 g/mol. The minimum atomic E-state index is -2.15. The monoisotopic (exact) mass is 473 g/mol. The molecule has 0 bridgehead atoms. The van der Waals surface area contributed by atoms with E-state index in [1.165, 1.54) is 58.2 Å². The van der Waals surface area contributed by atoms with Gasteiger partial charge in [0.1, 0.15) is 0 Å². The van der Waals surface area contributed by atoms with Crippen LogP contribution in [0, 0.1) is 5.41 Å². The summed E-state index contributed by atoms with van der Waals surface area (Å²) in [7, 11) is 1.57. The normalized spacial score (nSPS) is 13.1. The van der Waals surface area contributed by atoms with Gasteiger partial charge < -0.3 is 23.6 Å². The zero-order valence-electron chi connectivity index (χ0n) is 23.5. The van der Waals surface area contributed by atoms with Gasteiger partial charge in [0.15, 0.2) is 0 Å². The van der Waals surface area contributed by atoms with E-state index in [2.05, 4.69) is 62.8 Å². The molecule has 0 saturated heterocycles. The van der Waals surface area contributed by atoms with Gasteiger partial charge in [0.05, 0.1) is 0 Å². The Balaban J connectivity index is 5.54. The van der Waals surface area contributed by atoms with Crippen LogP contribution in [0.4, 0.5) is 0 Å². The number of hydrogen-bond acceptors (Lipinski definition) is 5. The third kappa shape index (κ3) is 12.5. The van der Waals surface area contributed by atoms with Crippen LogP contribution in [0.15, 0.2) is 0 Å². The van der Waals surface area contributed by atoms with Crippen molar-refractivity contribution in [3.05, 3.63) is 0 Å². The SMILES string of the molecule is CCN(CC)CCCC(CCCN(CC)CC)(CCCN(CC)CC)C[Si](C)(OC)OC. The topological polar surface area (TPSA) is 28.2 Å². The van der Waals surface area contributed by atoms with Crippen LogP contribution in [0.2, 0.25) is 12.6 Å². The van der Waals surface area contributed by atoms with E-state index in [9.17, 15) is 0 Å². The third-order valence-corrected chi connectivity index (χ3v) is 10.9. The molecule has 5 nitrogen and oxygen atoms in total. The van der Waals surface area contributed by atoms with Crippen molar-refractivity contribution in [3.63, 3.8) is 0 Å². The van der Waals surface area contributed by atoms with Crippen LogP contribution in [-0.2, 0) is 8.85 Å². The Morgan fingerprint density at radius 3 is 1.06 bits per heavy atom. The lowest BCUT2D eigenvalue weighted by atomic mass is 9.76. The molecule has 0 aliphatic heterocycles. The first-order valence-electron chi connectivity index (χ1n) is 13.6. The summed E-state index contributed by atoms with van der Waals surface area (Å²) >= 11 is 0. The van der Waals surface area contributed by atoms with Crippen LogP contribution in [-0.4, -0.2) is 96.4 Å². The molecule has 0 fully saturated rings. The molecular formula is C26H59N3O2Si. The van der Waals surface area contributed by atoms with Gasteiger partial charge in [-0.15, -0.1) is 0 Å². The molecule has 0 amide bonds. The first-order valence-corrected chi connectivity index (χ1v) is 16.1. The molecule has 0 radical (unpaired) electrons. The molecule has 0 saturated carbocycles. The molecule has 0 aliphatic carbocycles. The van der Waals surface area contributed by atoms with E-state index in [4.69, 9.17) is 8.85 Å². The minimum Gasteiger partial charge on any atom is -0.398 e. The molecule has 0 rings (SSSR count). The van der Waals surface area contributed by atoms with Gasteiger partial charge in [0.2, 0.25) is 0 Å². The van der Waals surface area contributed by atoms with Crippen molar-refractivity contribution in [2.75, 3.05) is 73.1 Å². The minimum absolute atomic E-state index is 0.320. The molecule has 0 aromatic rings. The summed E-state index contributed by atoms with van der Waals surface area (Å²) in [6, 6.07) is 1.11. The molecule has 32 heavy (non-hydrogen) atoms. The van der Waals surface area contributed by atoms with Gasteiger partial charge in [-0.1, -0.05) is 41.5 Å². The molecule has 194 valence electrons. The van der Waals surface area contributed by atoms with Gasteiger partial charge >= 0.3 is 8.56 Å². The third-order valence-electron chi connectivity index (χ3n) is 7.79. The van der Waals surface area contributed by atoms with Gasteiger partial charge in [-0.3, -0.25) is 0 Å². The number of hydrogen-bond donors (Lipinski definition) is 0. The Morgan fingerprint density at radius 2 is 0.844 bits per heavy atom. The second-order valence-corrected chi connectivity index (χ2v) is 13.0. The summed E-state index contributed by atoms with van der Waals surface area (Å²) in [4.78, 5) is 7.71. The summed E-state index contributed by atoms with van der Waals surface area (Å²) in [6.07, 6.45) is 7.68. The summed E-state index contributed by atoms with van der Waals surface area (Å²) in [5, 5.41) is 0. The molecule has 0 aromatic heterocycles. The molecule has 0 aliphatic rings. The maximum absolute atomic E-state index is 6.04. The van der Waals surface area contributed by atoms with Crippen molar-refractivity contribution in [1.82, 2.24) is 14.7 Å². The van der Waals surface area contributed by atoms with Crippen molar-refractivity contribution < 1.29 is 8.85 Å². The summed E-state index contributed by atoms with van der Waals surface area (Å²) in [6.45, 7) is 26.5. The standard InChI is InChI=1S/C26H59N3O2Si/c1-10-27(11-2)22-16-19-26(25-32(9,30-7)31-8,20-17-23-28(12-3)13-4)21-18-24-29(14-5)15-6/h10-25H2,1-9H3. The lowest BCUT2D eigenvalue weighted by Crippen LogP contribution is -2.43. The first-order chi connectivity index (χ1) is 15.3. The molecule has 0 heterocycles. The van der Waals surface area contributed by atoms with E-state index in [0.29, 0.717) is 5.41 Å². The van der Waals surface area contributed by atoms with Gasteiger partial charge in [-0.05, 0) is 115 Å². The van der Waals surface area contributed by atoms with Crippen molar-refractivity contribution >= 4 is 8.56 Å². The zero-order chi connectivity index (χ0) is 24.5. The highest BCUT2D eigenvalue weighted by Crippen LogP contribution is 2.43. The summed E-state index contributed by atoms with van der Waals surface area (Å²) in [5.74, 6) is 0. The van der Waals surface area contributed by atoms with Crippen molar-refractivity contribution in [3.8, 4) is 0 Å². The highest BCUT2D eigenvalue weighted by atomic mass is 28.4. The Labute approximate surface area is 203 Å². The van der Waals surface area contributed by atoms with E-state index >= 15 is 0 Å². The predicted molar refractivity (Wildman–Crippen MR) is 144 cm³/mol. The van der Waals surface area contributed by atoms with Crippen molar-refractivity contribution in [2.45, 2.75) is 92.7 Å². The van der Waals surface area contributed by atoms with E-state index < -0.39 is 8.56 Å². The Morgan fingerprint density at radius 1 is 0.562 bits per heavy atom. The molecule has 0 spiro atoms. The fraction of sp³-hybridized carbons (Fsp3) is 1.00. The summed E-state index contributed by atoms with van der Waals surface area (Å²) < 4.78 is 12.1. The van der Waals surface area contributed by atoms with Crippen LogP contribution in [0.5, 0.6) is 0 Å². The zero-order valence-corrected chi connectivity index (χ0v) is 24.5. The van der Waals surface area contributed by atoms with Crippen LogP contribution in [0.25, 0.3) is 0 Å². The molecule has 0 atom stereocenters. The summed E-state index contributed by atoms with van der Waals surface area (Å²) in [5.41, 5.74) is 0.320. The second-order valence-electron chi connectivity index (χ2n) is 9.61. The fourth-order valence-electron chi connectivity index (χ4n) is 5.20. The second kappa shape index (κ2) is 18.4. The Kier molecular flexibility index (Phi) is 18.4. The fourth-order valence-corrected chi connectivity index (χ4v) is 7.55. The Hall–Kier alpha value is 0.0169. The molecule has 0 aromatic carbocycles. The lowest BCUT2D eigenvalue weighted by Gasteiger charge is -2.40. The lowest BCUT2D eigenvalue weighted by molar-refractivity contribution is 0.155. The van der Waals surface area contributed by atoms with E-state index in [1.54, 1.807) is 0 Å². The predicted octanol–water partition coefficient (Wildman–Crippen LogP) is 5.70. The maximum atomic E-state index is 6.04. The van der Waals surface area contributed by atoms with Crippen LogP contribution in [0.3, 0.4) is 0 Å². The molecule has 0 unspecified atom stereocenters. The number of nitrogens with zero attached hydrogens (tertiary/aromatic N) is 3. The van der Waals surface area contributed by atoms with Gasteiger partial charge in [-0.25, -0.2) is 0 Å². The Bertz CT molecular complexity index is 378. The largest absolute Gasteiger partial charge is 0.398 e. The van der Waals surface area contributed by atoms with Crippen LogP contribution < -0.4 is 0 Å². The highest BCUT2D eigenvalue weighted by Gasteiger charge is 2.41. The quantitative estimate of drug-likeness (QED) is 0.188. The highest BCUT2D eigenvalue weighted by molar-refractivity contribution is 6.66. The van der Waals surface area contributed by atoms with E-state index in [1.807, 2.05) is 14.2 Å².